The highest BCUT2D eigenvalue weighted by atomic mass is 16.5. The summed E-state index contributed by atoms with van der Waals surface area (Å²) in [5.41, 5.74) is -1.32. The van der Waals surface area contributed by atoms with Crippen LogP contribution >= 0.6 is 0 Å². The maximum atomic E-state index is 12.1. The molecule has 2 atom stereocenters. The molecule has 0 saturated carbocycles. The molecule has 0 aromatic rings. The fraction of sp³-hybridized carbons (Fsp3) is 0.769. The van der Waals surface area contributed by atoms with Crippen LogP contribution in [-0.4, -0.2) is 28.9 Å². The van der Waals surface area contributed by atoms with Gasteiger partial charge in [-0.25, -0.2) is 0 Å². The van der Waals surface area contributed by atoms with E-state index >= 15 is 0 Å². The van der Waals surface area contributed by atoms with Gasteiger partial charge >= 0.3 is 11.9 Å². The summed E-state index contributed by atoms with van der Waals surface area (Å²) in [6.45, 7) is 6.62. The number of carbonyl (C=O) groups is 3. The molecule has 0 heterocycles. The van der Waals surface area contributed by atoms with Gasteiger partial charge in [0, 0.05) is 6.42 Å². The van der Waals surface area contributed by atoms with E-state index in [1.807, 2.05) is 6.92 Å². The van der Waals surface area contributed by atoms with E-state index in [4.69, 9.17) is 9.84 Å². The predicted octanol–water partition coefficient (Wildman–Crippen LogP) is 2.18. The molecule has 0 saturated heterocycles. The summed E-state index contributed by atoms with van der Waals surface area (Å²) >= 11 is 0. The van der Waals surface area contributed by atoms with Crippen molar-refractivity contribution < 1.29 is 24.2 Å². The summed E-state index contributed by atoms with van der Waals surface area (Å²) in [6.07, 6.45) is 0.410. The largest absolute Gasteiger partial charge is 0.481 e. The Morgan fingerprint density at radius 2 is 1.83 bits per heavy atom. The number of ether oxygens (including phenoxy) is 1. The van der Waals surface area contributed by atoms with Crippen LogP contribution in [0, 0.1) is 5.41 Å². The van der Waals surface area contributed by atoms with Gasteiger partial charge in [-0.2, -0.15) is 0 Å². The number of hydrogen-bond donors (Lipinski definition) is 1. The van der Waals surface area contributed by atoms with E-state index in [0.29, 0.717) is 6.42 Å². The van der Waals surface area contributed by atoms with E-state index < -0.39 is 17.4 Å². The summed E-state index contributed by atoms with van der Waals surface area (Å²) < 4.78 is 5.20. The second-order valence-electron chi connectivity index (χ2n) is 4.51. The quantitative estimate of drug-likeness (QED) is 0.533. The molecule has 0 aromatic heterocycles. The smallest absolute Gasteiger partial charge is 0.319 e. The highest BCUT2D eigenvalue weighted by molar-refractivity contribution is 6.02. The van der Waals surface area contributed by atoms with Crippen molar-refractivity contribution in [3.63, 3.8) is 0 Å². The maximum absolute atomic E-state index is 12.1. The van der Waals surface area contributed by atoms with E-state index in [1.54, 1.807) is 13.8 Å². The Hall–Kier alpha value is -1.39. The van der Waals surface area contributed by atoms with Crippen molar-refractivity contribution in [1.82, 2.24) is 0 Å². The van der Waals surface area contributed by atoms with Gasteiger partial charge in [0.1, 0.15) is 11.2 Å². The molecule has 0 fully saturated rings. The molecule has 104 valence electrons. The first kappa shape index (κ1) is 16.6. The normalized spacial score (nSPS) is 15.6. The van der Waals surface area contributed by atoms with Gasteiger partial charge in [0.25, 0.3) is 0 Å². The van der Waals surface area contributed by atoms with Crippen LogP contribution in [0.3, 0.4) is 0 Å². The van der Waals surface area contributed by atoms with Crippen molar-refractivity contribution in [2.75, 3.05) is 0 Å². The SMILES string of the molecule is CCC(C)OC(=O)C(CC)(CCC(=O)O)C(C)=O. The third-order valence-electron chi connectivity index (χ3n) is 3.32. The zero-order valence-electron chi connectivity index (χ0n) is 11.5. The van der Waals surface area contributed by atoms with Crippen molar-refractivity contribution in [2.24, 2.45) is 5.41 Å². The Kier molecular flexibility index (Phi) is 6.58. The number of esters is 1. The van der Waals surface area contributed by atoms with Crippen LogP contribution in [0.25, 0.3) is 0 Å². The number of ketones is 1. The second kappa shape index (κ2) is 7.13. The zero-order valence-corrected chi connectivity index (χ0v) is 11.5. The van der Waals surface area contributed by atoms with Gasteiger partial charge in [-0.15, -0.1) is 0 Å². The predicted molar refractivity (Wildman–Crippen MR) is 66.1 cm³/mol. The number of aliphatic carboxylic acids is 1. The number of Topliss-reactive ketones (excluding diaryl/α,β-unsaturated/α-hetero) is 1. The van der Waals surface area contributed by atoms with Crippen molar-refractivity contribution in [3.8, 4) is 0 Å². The fourth-order valence-corrected chi connectivity index (χ4v) is 1.69. The minimum Gasteiger partial charge on any atom is -0.481 e. The minimum atomic E-state index is -1.32. The second-order valence-corrected chi connectivity index (χ2v) is 4.51. The number of carbonyl (C=O) groups excluding carboxylic acids is 2. The first-order valence-corrected chi connectivity index (χ1v) is 6.24. The Balaban J connectivity index is 5.00. The van der Waals surface area contributed by atoms with E-state index in [2.05, 4.69) is 0 Å². The minimum absolute atomic E-state index is 0.0105. The Morgan fingerprint density at radius 3 is 2.17 bits per heavy atom. The monoisotopic (exact) mass is 258 g/mol. The van der Waals surface area contributed by atoms with E-state index in [9.17, 15) is 14.4 Å². The first-order chi connectivity index (χ1) is 8.30. The molecule has 0 amide bonds. The van der Waals surface area contributed by atoms with E-state index in [1.165, 1.54) is 6.92 Å². The van der Waals surface area contributed by atoms with Gasteiger partial charge < -0.3 is 9.84 Å². The number of carboxylic acid groups (broad SMARTS) is 1. The maximum Gasteiger partial charge on any atom is 0.319 e. The average Bonchev–Trinajstić information content (AvgIpc) is 2.29. The lowest BCUT2D eigenvalue weighted by Crippen LogP contribution is -2.40. The molecule has 0 aliphatic rings. The van der Waals surface area contributed by atoms with E-state index in [0.717, 1.165) is 0 Å². The lowest BCUT2D eigenvalue weighted by atomic mass is 9.77. The van der Waals surface area contributed by atoms with Crippen molar-refractivity contribution in [1.29, 1.82) is 0 Å². The Labute approximate surface area is 108 Å². The topological polar surface area (TPSA) is 80.7 Å². The third-order valence-corrected chi connectivity index (χ3v) is 3.32. The summed E-state index contributed by atoms with van der Waals surface area (Å²) in [5, 5.41) is 8.70. The van der Waals surface area contributed by atoms with Crippen molar-refractivity contribution in [3.05, 3.63) is 0 Å². The van der Waals surface area contributed by atoms with Gasteiger partial charge in [0.2, 0.25) is 0 Å². The van der Waals surface area contributed by atoms with Crippen LogP contribution in [-0.2, 0) is 19.1 Å². The Bertz CT molecular complexity index is 323. The third kappa shape index (κ3) is 4.13. The van der Waals surface area contributed by atoms with Crippen LogP contribution < -0.4 is 0 Å². The lowest BCUT2D eigenvalue weighted by Gasteiger charge is -2.28. The van der Waals surface area contributed by atoms with Gasteiger partial charge in [0.15, 0.2) is 0 Å². The van der Waals surface area contributed by atoms with Crippen LogP contribution in [0.15, 0.2) is 0 Å². The van der Waals surface area contributed by atoms with Crippen molar-refractivity contribution >= 4 is 17.7 Å². The molecule has 0 aromatic carbocycles. The van der Waals surface area contributed by atoms with Gasteiger partial charge in [0.05, 0.1) is 6.10 Å². The molecule has 5 nitrogen and oxygen atoms in total. The molecule has 1 N–H and O–H groups in total. The molecule has 18 heavy (non-hydrogen) atoms. The fourth-order valence-electron chi connectivity index (χ4n) is 1.69. The first-order valence-electron chi connectivity index (χ1n) is 6.24. The highest BCUT2D eigenvalue weighted by Gasteiger charge is 2.43. The van der Waals surface area contributed by atoms with Crippen molar-refractivity contribution in [2.45, 2.75) is 59.5 Å². The molecular weight excluding hydrogens is 236 g/mol. The Morgan fingerprint density at radius 1 is 1.28 bits per heavy atom. The van der Waals surface area contributed by atoms with Crippen LogP contribution in [0.4, 0.5) is 0 Å². The standard InChI is InChI=1S/C13H22O5/c1-5-9(3)18-12(17)13(6-2,10(4)14)8-7-11(15)16/h9H,5-8H2,1-4H3,(H,15,16). The lowest BCUT2D eigenvalue weighted by molar-refractivity contribution is -0.165. The highest BCUT2D eigenvalue weighted by Crippen LogP contribution is 2.32. The zero-order chi connectivity index (χ0) is 14.3. The molecule has 5 heteroatoms. The number of carboxylic acids is 1. The van der Waals surface area contributed by atoms with Gasteiger partial charge in [-0.1, -0.05) is 13.8 Å². The van der Waals surface area contributed by atoms with Crippen LogP contribution in [0.5, 0.6) is 0 Å². The molecule has 0 bridgehead atoms. The number of rotatable bonds is 8. The van der Waals surface area contributed by atoms with Crippen LogP contribution in [0.1, 0.15) is 53.4 Å². The van der Waals surface area contributed by atoms with Gasteiger partial charge in [-0.05, 0) is 33.1 Å². The molecule has 0 radical (unpaired) electrons. The summed E-state index contributed by atoms with van der Waals surface area (Å²) in [4.78, 5) is 34.4. The molecule has 0 spiro atoms. The summed E-state index contributed by atoms with van der Waals surface area (Å²) in [6, 6.07) is 0. The molecular formula is C13H22O5. The molecule has 2 unspecified atom stereocenters. The van der Waals surface area contributed by atoms with E-state index in [-0.39, 0.29) is 31.1 Å². The average molecular weight is 258 g/mol. The number of hydrogen-bond acceptors (Lipinski definition) is 4. The van der Waals surface area contributed by atoms with Gasteiger partial charge in [-0.3, -0.25) is 14.4 Å². The molecule has 0 aliphatic carbocycles. The summed E-state index contributed by atoms with van der Waals surface area (Å²) in [7, 11) is 0. The summed E-state index contributed by atoms with van der Waals surface area (Å²) in [5.74, 6) is -1.96. The molecule has 0 aliphatic heterocycles. The van der Waals surface area contributed by atoms with Crippen LogP contribution in [0.2, 0.25) is 0 Å². The molecule has 0 rings (SSSR count).